The molecule has 0 heterocycles. The number of thioether (sulfide) groups is 1. The van der Waals surface area contributed by atoms with Crippen molar-refractivity contribution in [2.75, 3.05) is 6.54 Å². The van der Waals surface area contributed by atoms with Gasteiger partial charge < -0.3 is 5.32 Å². The Labute approximate surface area is 154 Å². The SMILES string of the molecule is O=C(NCCC1=CCCCC1)c1ccccc1SCc1ccccc1. The maximum atomic E-state index is 12.6. The minimum absolute atomic E-state index is 0.0348. The second-order valence-corrected chi connectivity index (χ2v) is 7.40. The summed E-state index contributed by atoms with van der Waals surface area (Å²) in [4.78, 5) is 13.6. The zero-order valence-corrected chi connectivity index (χ0v) is 15.4. The van der Waals surface area contributed by atoms with Crippen LogP contribution in [0, 0.1) is 0 Å². The van der Waals surface area contributed by atoms with Crippen LogP contribution >= 0.6 is 11.8 Å². The van der Waals surface area contributed by atoms with E-state index in [-0.39, 0.29) is 5.91 Å². The van der Waals surface area contributed by atoms with Gasteiger partial charge in [0.2, 0.25) is 0 Å². The number of hydrogen-bond acceptors (Lipinski definition) is 2. The largest absolute Gasteiger partial charge is 0.352 e. The van der Waals surface area contributed by atoms with Gasteiger partial charge >= 0.3 is 0 Å². The monoisotopic (exact) mass is 351 g/mol. The molecule has 0 saturated carbocycles. The Bertz CT molecular complexity index is 724. The molecule has 0 unspecified atom stereocenters. The summed E-state index contributed by atoms with van der Waals surface area (Å²) in [6, 6.07) is 18.2. The van der Waals surface area contributed by atoms with Crippen molar-refractivity contribution in [1.29, 1.82) is 0 Å². The number of benzene rings is 2. The molecule has 0 atom stereocenters. The average molecular weight is 352 g/mol. The van der Waals surface area contributed by atoms with E-state index < -0.39 is 0 Å². The summed E-state index contributed by atoms with van der Waals surface area (Å²) < 4.78 is 0. The second-order valence-electron chi connectivity index (χ2n) is 6.38. The molecule has 25 heavy (non-hydrogen) atoms. The molecule has 0 radical (unpaired) electrons. The topological polar surface area (TPSA) is 29.1 Å². The number of carbonyl (C=O) groups is 1. The zero-order valence-electron chi connectivity index (χ0n) is 14.5. The van der Waals surface area contributed by atoms with Crippen molar-refractivity contribution in [3.63, 3.8) is 0 Å². The highest BCUT2D eigenvalue weighted by Crippen LogP contribution is 2.26. The van der Waals surface area contributed by atoms with Crippen molar-refractivity contribution in [2.45, 2.75) is 42.8 Å². The van der Waals surface area contributed by atoms with E-state index in [1.807, 2.05) is 30.3 Å². The van der Waals surface area contributed by atoms with Gasteiger partial charge in [-0.2, -0.15) is 0 Å². The van der Waals surface area contributed by atoms with Gasteiger partial charge in [-0.1, -0.05) is 54.1 Å². The minimum Gasteiger partial charge on any atom is -0.352 e. The molecule has 0 aromatic heterocycles. The summed E-state index contributed by atoms with van der Waals surface area (Å²) in [5.41, 5.74) is 3.55. The fourth-order valence-corrected chi connectivity index (χ4v) is 4.08. The third-order valence-electron chi connectivity index (χ3n) is 4.49. The molecule has 2 aromatic rings. The number of carbonyl (C=O) groups excluding carboxylic acids is 1. The van der Waals surface area contributed by atoms with E-state index >= 15 is 0 Å². The molecule has 0 bridgehead atoms. The summed E-state index contributed by atoms with van der Waals surface area (Å²) >= 11 is 1.72. The lowest BCUT2D eigenvalue weighted by molar-refractivity contribution is 0.0951. The maximum Gasteiger partial charge on any atom is 0.252 e. The number of rotatable bonds is 7. The van der Waals surface area contributed by atoms with Crippen LogP contribution in [0.15, 0.2) is 71.1 Å². The van der Waals surface area contributed by atoms with Crippen LogP contribution in [-0.2, 0) is 5.75 Å². The minimum atomic E-state index is 0.0348. The van der Waals surface area contributed by atoms with E-state index in [9.17, 15) is 4.79 Å². The van der Waals surface area contributed by atoms with E-state index in [1.54, 1.807) is 11.8 Å². The Morgan fingerprint density at radius 1 is 1.00 bits per heavy atom. The van der Waals surface area contributed by atoms with Gasteiger partial charge in [0, 0.05) is 17.2 Å². The Morgan fingerprint density at radius 2 is 1.80 bits per heavy atom. The van der Waals surface area contributed by atoms with Crippen molar-refractivity contribution >= 4 is 17.7 Å². The lowest BCUT2D eigenvalue weighted by atomic mass is 9.97. The Kier molecular flexibility index (Phi) is 6.75. The van der Waals surface area contributed by atoms with Crippen LogP contribution in [0.2, 0.25) is 0 Å². The predicted octanol–water partition coefficient (Wildman–Crippen LogP) is 5.60. The lowest BCUT2D eigenvalue weighted by Crippen LogP contribution is -2.25. The summed E-state index contributed by atoms with van der Waals surface area (Å²) in [6.07, 6.45) is 8.31. The molecule has 0 saturated heterocycles. The first-order valence-corrected chi connectivity index (χ1v) is 10.0. The first kappa shape index (κ1) is 17.8. The summed E-state index contributed by atoms with van der Waals surface area (Å²) in [5.74, 6) is 0.908. The van der Waals surface area contributed by atoms with Gasteiger partial charge in [0.15, 0.2) is 0 Å². The van der Waals surface area contributed by atoms with Crippen LogP contribution in [0.4, 0.5) is 0 Å². The number of allylic oxidation sites excluding steroid dienone is 1. The van der Waals surface area contributed by atoms with E-state index in [0.717, 1.165) is 29.2 Å². The molecular weight excluding hydrogens is 326 g/mol. The molecule has 1 amide bonds. The van der Waals surface area contributed by atoms with Crippen LogP contribution in [0.25, 0.3) is 0 Å². The first-order valence-electron chi connectivity index (χ1n) is 9.05. The molecule has 130 valence electrons. The highest BCUT2D eigenvalue weighted by Gasteiger charge is 2.11. The average Bonchev–Trinajstić information content (AvgIpc) is 2.68. The molecule has 1 aliphatic rings. The van der Waals surface area contributed by atoms with Crippen LogP contribution in [0.1, 0.15) is 48.0 Å². The van der Waals surface area contributed by atoms with E-state index in [1.165, 1.54) is 36.8 Å². The Hall–Kier alpha value is -2.00. The third kappa shape index (κ3) is 5.50. The molecule has 2 nitrogen and oxygen atoms in total. The van der Waals surface area contributed by atoms with E-state index in [4.69, 9.17) is 0 Å². The normalized spacial score (nSPS) is 14.0. The van der Waals surface area contributed by atoms with Gasteiger partial charge in [-0.15, -0.1) is 11.8 Å². The quantitative estimate of drug-likeness (QED) is 0.520. The molecule has 1 aliphatic carbocycles. The van der Waals surface area contributed by atoms with Crippen molar-refractivity contribution in [3.05, 3.63) is 77.4 Å². The molecular formula is C22H25NOS. The third-order valence-corrected chi connectivity index (χ3v) is 5.63. The highest BCUT2D eigenvalue weighted by atomic mass is 32.2. The van der Waals surface area contributed by atoms with Gasteiger partial charge in [-0.05, 0) is 49.8 Å². The number of hydrogen-bond donors (Lipinski definition) is 1. The van der Waals surface area contributed by atoms with Gasteiger partial charge in [0.05, 0.1) is 5.56 Å². The fourth-order valence-electron chi connectivity index (χ4n) is 3.08. The van der Waals surface area contributed by atoms with E-state index in [2.05, 4.69) is 35.7 Å². The molecule has 0 spiro atoms. The van der Waals surface area contributed by atoms with Crippen LogP contribution in [-0.4, -0.2) is 12.5 Å². The van der Waals surface area contributed by atoms with Gasteiger partial charge in [-0.25, -0.2) is 0 Å². The molecule has 0 fully saturated rings. The number of nitrogens with one attached hydrogen (secondary N) is 1. The molecule has 2 aromatic carbocycles. The van der Waals surface area contributed by atoms with Gasteiger partial charge in [0.25, 0.3) is 5.91 Å². The van der Waals surface area contributed by atoms with Crippen molar-refractivity contribution in [3.8, 4) is 0 Å². The standard InChI is InChI=1S/C22H25NOS/c24-22(23-16-15-18-9-3-1-4-10-18)20-13-7-8-14-21(20)25-17-19-11-5-2-6-12-19/h2,5-9,11-14H,1,3-4,10,15-17H2,(H,23,24). The molecule has 1 N–H and O–H groups in total. The smallest absolute Gasteiger partial charge is 0.252 e. The lowest BCUT2D eigenvalue weighted by Gasteiger charge is -2.14. The maximum absolute atomic E-state index is 12.6. The Morgan fingerprint density at radius 3 is 2.60 bits per heavy atom. The van der Waals surface area contributed by atoms with E-state index in [0.29, 0.717) is 0 Å². The van der Waals surface area contributed by atoms with Gasteiger partial charge in [-0.3, -0.25) is 4.79 Å². The van der Waals surface area contributed by atoms with Crippen LogP contribution < -0.4 is 5.32 Å². The van der Waals surface area contributed by atoms with Crippen LogP contribution in [0.3, 0.4) is 0 Å². The zero-order chi connectivity index (χ0) is 17.3. The summed E-state index contributed by atoms with van der Waals surface area (Å²) in [5, 5.41) is 3.09. The van der Waals surface area contributed by atoms with Crippen molar-refractivity contribution in [2.24, 2.45) is 0 Å². The predicted molar refractivity (Wildman–Crippen MR) is 106 cm³/mol. The van der Waals surface area contributed by atoms with Crippen molar-refractivity contribution in [1.82, 2.24) is 5.32 Å². The first-order chi connectivity index (χ1) is 12.3. The molecule has 0 aliphatic heterocycles. The van der Waals surface area contributed by atoms with Crippen LogP contribution in [0.5, 0.6) is 0 Å². The van der Waals surface area contributed by atoms with Crippen molar-refractivity contribution < 1.29 is 4.79 Å². The molecule has 3 rings (SSSR count). The fraction of sp³-hybridized carbons (Fsp3) is 0.318. The second kappa shape index (κ2) is 9.47. The van der Waals surface area contributed by atoms with Gasteiger partial charge in [0.1, 0.15) is 0 Å². The summed E-state index contributed by atoms with van der Waals surface area (Å²) in [6.45, 7) is 0.725. The molecule has 3 heteroatoms. The summed E-state index contributed by atoms with van der Waals surface area (Å²) in [7, 11) is 0. The highest BCUT2D eigenvalue weighted by molar-refractivity contribution is 7.98. The number of amides is 1. The Balaban J connectivity index is 1.55.